The van der Waals surface area contributed by atoms with Gasteiger partial charge in [0.15, 0.2) is 5.66 Å². The number of guanidine groups is 2. The molecule has 202 valence electrons. The molecule has 1 aromatic carbocycles. The second-order valence-corrected chi connectivity index (χ2v) is 9.11. The first-order valence-electron chi connectivity index (χ1n) is 12.7. The fraction of sp³-hybridized carbons (Fsp3) is 0.615. The highest BCUT2D eigenvalue weighted by Gasteiger charge is 2.22. The third-order valence-electron chi connectivity index (χ3n) is 5.25. The number of carbonyl (C=O) groups is 2. The summed E-state index contributed by atoms with van der Waals surface area (Å²) in [4.78, 5) is 28.2. The molecule has 0 spiro atoms. The van der Waals surface area contributed by atoms with E-state index in [2.05, 4.69) is 45.0 Å². The first-order valence-corrected chi connectivity index (χ1v) is 12.7. The van der Waals surface area contributed by atoms with E-state index in [-0.39, 0.29) is 0 Å². The van der Waals surface area contributed by atoms with E-state index in [0.29, 0.717) is 6.54 Å². The molecule has 0 saturated carbocycles. The lowest BCUT2D eigenvalue weighted by Gasteiger charge is -2.26. The summed E-state index contributed by atoms with van der Waals surface area (Å²) in [5.74, 6) is -0.216. The lowest BCUT2D eigenvalue weighted by Crippen LogP contribution is -2.51. The summed E-state index contributed by atoms with van der Waals surface area (Å²) in [7, 11) is 1.68. The topological polar surface area (TPSA) is 145 Å². The molecule has 0 aromatic heterocycles. The van der Waals surface area contributed by atoms with Crippen LogP contribution in [0, 0.1) is 0 Å². The summed E-state index contributed by atoms with van der Waals surface area (Å²) in [6.45, 7) is 7.92. The zero-order valence-corrected chi connectivity index (χ0v) is 22.1. The molecule has 0 fully saturated rings. The third-order valence-corrected chi connectivity index (χ3v) is 5.25. The number of methoxy groups -OCH3 is 1. The molecule has 10 nitrogen and oxygen atoms in total. The Morgan fingerprint density at radius 2 is 1.42 bits per heavy atom. The molecule has 0 saturated heterocycles. The van der Waals surface area contributed by atoms with Crippen LogP contribution in [0.4, 0.5) is 0 Å². The summed E-state index contributed by atoms with van der Waals surface area (Å²) >= 11 is 0. The molecule has 10 heteroatoms. The number of unbranched alkanes of at least 4 members (excludes halogenated alkanes) is 7. The van der Waals surface area contributed by atoms with Crippen molar-refractivity contribution in [2.75, 3.05) is 13.7 Å². The Balaban J connectivity index is 0.000000809. The van der Waals surface area contributed by atoms with E-state index < -0.39 is 24.0 Å². The number of nitrogens with one attached hydrogen (secondary N) is 3. The standard InChI is InChI=1S/C23H39N5O.C3H4O4/c1-5-6-7-8-9-10-11-12-17-24-21-26-22(28-23(2,3)27-21)25-18-19-13-15-20(29-4)16-14-19;4-2(5)1-3(6)7/h13-16H,5-12,17-18H2,1-4H3,(H3,24,25,26,27,28);1H2,(H,4,5)(H,6,7). The van der Waals surface area contributed by atoms with Crippen LogP contribution in [0.3, 0.4) is 0 Å². The maximum absolute atomic E-state index is 9.43. The van der Waals surface area contributed by atoms with Crippen molar-refractivity contribution in [3.63, 3.8) is 0 Å². The molecule has 2 rings (SSSR count). The van der Waals surface area contributed by atoms with E-state index in [9.17, 15) is 9.59 Å². The van der Waals surface area contributed by atoms with Crippen LogP contribution in [-0.4, -0.2) is 53.4 Å². The van der Waals surface area contributed by atoms with Crippen LogP contribution in [0.2, 0.25) is 0 Å². The third kappa shape index (κ3) is 14.9. The van der Waals surface area contributed by atoms with Gasteiger partial charge in [-0.1, -0.05) is 64.0 Å². The Bertz CT molecular complexity index is 841. The van der Waals surface area contributed by atoms with Gasteiger partial charge in [0.2, 0.25) is 11.9 Å². The molecule has 36 heavy (non-hydrogen) atoms. The highest BCUT2D eigenvalue weighted by Crippen LogP contribution is 2.14. The number of rotatable bonds is 14. The number of carboxylic acids is 2. The lowest BCUT2D eigenvalue weighted by molar-refractivity contribution is -0.147. The summed E-state index contributed by atoms with van der Waals surface area (Å²) < 4.78 is 5.21. The Hall–Kier alpha value is -3.30. The lowest BCUT2D eigenvalue weighted by atomic mass is 10.1. The fourth-order valence-electron chi connectivity index (χ4n) is 3.43. The first kappa shape index (κ1) is 30.7. The molecular formula is C26H43N5O5. The molecule has 0 bridgehead atoms. The molecule has 1 aliphatic heterocycles. The van der Waals surface area contributed by atoms with E-state index in [1.807, 2.05) is 26.0 Å². The Morgan fingerprint density at radius 1 is 0.889 bits per heavy atom. The number of benzene rings is 1. The SMILES string of the molecule is CCCCCCCCCCNC1=NC(C)(C)N=C(NCc2ccc(OC)cc2)N1.O=C(O)CC(=O)O. The van der Waals surface area contributed by atoms with Crippen molar-refractivity contribution in [1.82, 2.24) is 16.0 Å². The highest BCUT2D eigenvalue weighted by molar-refractivity contribution is 6.00. The van der Waals surface area contributed by atoms with Gasteiger partial charge in [-0.2, -0.15) is 0 Å². The van der Waals surface area contributed by atoms with Gasteiger partial charge in [-0.05, 0) is 38.0 Å². The zero-order chi connectivity index (χ0) is 26.8. The average molecular weight is 506 g/mol. The fourth-order valence-corrected chi connectivity index (χ4v) is 3.43. The van der Waals surface area contributed by atoms with Crippen LogP contribution in [-0.2, 0) is 16.1 Å². The predicted molar refractivity (Wildman–Crippen MR) is 142 cm³/mol. The van der Waals surface area contributed by atoms with Crippen LogP contribution >= 0.6 is 0 Å². The minimum atomic E-state index is -1.31. The smallest absolute Gasteiger partial charge is 0.314 e. The number of hydrogen-bond donors (Lipinski definition) is 5. The van der Waals surface area contributed by atoms with Crippen molar-refractivity contribution in [3.8, 4) is 5.75 Å². The number of ether oxygens (including phenoxy) is 1. The van der Waals surface area contributed by atoms with Gasteiger partial charge in [0, 0.05) is 13.1 Å². The second kappa shape index (κ2) is 17.2. The van der Waals surface area contributed by atoms with Crippen LogP contribution in [0.1, 0.15) is 84.1 Å². The Morgan fingerprint density at radius 3 is 1.92 bits per heavy atom. The van der Waals surface area contributed by atoms with Gasteiger partial charge < -0.3 is 25.6 Å². The molecule has 1 aromatic rings. The molecule has 1 heterocycles. The van der Waals surface area contributed by atoms with Crippen LogP contribution in [0.25, 0.3) is 0 Å². The molecule has 0 atom stereocenters. The van der Waals surface area contributed by atoms with E-state index in [1.54, 1.807) is 7.11 Å². The summed E-state index contributed by atoms with van der Waals surface area (Å²) in [6, 6.07) is 8.04. The van der Waals surface area contributed by atoms with Crippen molar-refractivity contribution in [1.29, 1.82) is 0 Å². The van der Waals surface area contributed by atoms with Gasteiger partial charge in [0.1, 0.15) is 12.2 Å². The zero-order valence-electron chi connectivity index (χ0n) is 22.1. The second-order valence-electron chi connectivity index (χ2n) is 9.11. The minimum Gasteiger partial charge on any atom is -0.497 e. The summed E-state index contributed by atoms with van der Waals surface area (Å²) in [5.41, 5.74) is 0.693. The molecule has 0 amide bonds. The molecule has 0 aliphatic carbocycles. The van der Waals surface area contributed by atoms with Gasteiger partial charge >= 0.3 is 11.9 Å². The average Bonchev–Trinajstić information content (AvgIpc) is 2.80. The van der Waals surface area contributed by atoms with Gasteiger partial charge in [-0.25, -0.2) is 9.98 Å². The van der Waals surface area contributed by atoms with Crippen LogP contribution in [0.15, 0.2) is 34.3 Å². The number of carboxylic acid groups (broad SMARTS) is 2. The van der Waals surface area contributed by atoms with Gasteiger partial charge in [0.25, 0.3) is 0 Å². The number of nitrogens with zero attached hydrogens (tertiary/aromatic N) is 2. The number of aliphatic carboxylic acids is 2. The molecular weight excluding hydrogens is 462 g/mol. The normalized spacial score (nSPS) is 13.8. The van der Waals surface area contributed by atoms with Crippen molar-refractivity contribution >= 4 is 23.9 Å². The minimum absolute atomic E-state index is 0.477. The van der Waals surface area contributed by atoms with E-state index >= 15 is 0 Å². The van der Waals surface area contributed by atoms with E-state index in [1.165, 1.54) is 56.9 Å². The van der Waals surface area contributed by atoms with E-state index in [0.717, 1.165) is 24.2 Å². The van der Waals surface area contributed by atoms with Crippen molar-refractivity contribution in [2.24, 2.45) is 9.98 Å². The van der Waals surface area contributed by atoms with Gasteiger partial charge in [-0.3, -0.25) is 14.9 Å². The van der Waals surface area contributed by atoms with Crippen molar-refractivity contribution < 1.29 is 24.5 Å². The maximum Gasteiger partial charge on any atom is 0.314 e. The predicted octanol–water partition coefficient (Wildman–Crippen LogP) is 4.11. The quantitative estimate of drug-likeness (QED) is 0.188. The highest BCUT2D eigenvalue weighted by atomic mass is 16.5. The van der Waals surface area contributed by atoms with Crippen molar-refractivity contribution in [3.05, 3.63) is 29.8 Å². The largest absolute Gasteiger partial charge is 0.497 e. The number of aliphatic imine (C=N–C) groups is 2. The molecule has 1 aliphatic rings. The molecule has 0 radical (unpaired) electrons. The van der Waals surface area contributed by atoms with Gasteiger partial charge in [-0.15, -0.1) is 0 Å². The monoisotopic (exact) mass is 505 g/mol. The molecule has 0 unspecified atom stereocenters. The number of hydrogen-bond acceptors (Lipinski definition) is 8. The van der Waals surface area contributed by atoms with E-state index in [4.69, 9.17) is 14.9 Å². The van der Waals surface area contributed by atoms with Gasteiger partial charge in [0.05, 0.1) is 7.11 Å². The summed E-state index contributed by atoms with van der Waals surface area (Å²) in [5, 5.41) is 25.5. The van der Waals surface area contributed by atoms with Crippen LogP contribution in [0.5, 0.6) is 5.75 Å². The summed E-state index contributed by atoms with van der Waals surface area (Å²) in [6.07, 6.45) is 9.77. The van der Waals surface area contributed by atoms with Crippen LogP contribution < -0.4 is 20.7 Å². The molecule has 5 N–H and O–H groups in total. The van der Waals surface area contributed by atoms with Crippen molar-refractivity contribution in [2.45, 2.75) is 90.8 Å². The Kier molecular flexibility index (Phi) is 14.7. The Labute approximate surface area is 214 Å². The first-order chi connectivity index (χ1) is 17.1. The maximum atomic E-state index is 9.43.